The van der Waals surface area contributed by atoms with Crippen LogP contribution in [0.2, 0.25) is 0 Å². The Labute approximate surface area is 75.6 Å². The van der Waals surface area contributed by atoms with Crippen molar-refractivity contribution in [2.45, 2.75) is 38.2 Å². The quantitative estimate of drug-likeness (QED) is 0.636. The molecule has 1 aliphatic rings. The predicted octanol–water partition coefficient (Wildman–Crippen LogP) is 1.49. The van der Waals surface area contributed by atoms with E-state index in [0.29, 0.717) is 5.92 Å². The first kappa shape index (κ1) is 10.0. The Hall–Kier alpha value is -0.0800. The Morgan fingerprint density at radius 1 is 1.17 bits per heavy atom. The topological polar surface area (TPSA) is 23.5 Å². The number of hydrogen-bond donors (Lipinski definition) is 1. The third-order valence-corrected chi connectivity index (χ3v) is 2.72. The standard InChI is InChI=1S/C10H21NO/c1-11(2)8-9-6-4-3-5-7-10(9)12/h9-10,12H,3-8H2,1-2H3/t9-,10-/m0/s1. The number of rotatable bonds is 2. The van der Waals surface area contributed by atoms with Gasteiger partial charge in [-0.25, -0.2) is 0 Å². The molecule has 0 spiro atoms. The molecule has 2 atom stereocenters. The van der Waals surface area contributed by atoms with E-state index in [9.17, 15) is 5.11 Å². The van der Waals surface area contributed by atoms with E-state index in [1.54, 1.807) is 0 Å². The lowest BCUT2D eigenvalue weighted by atomic mass is 9.97. The molecular weight excluding hydrogens is 150 g/mol. The summed E-state index contributed by atoms with van der Waals surface area (Å²) in [6.07, 6.45) is 5.99. The Balaban J connectivity index is 2.36. The molecule has 0 saturated heterocycles. The van der Waals surface area contributed by atoms with E-state index < -0.39 is 0 Å². The van der Waals surface area contributed by atoms with Crippen LogP contribution in [-0.2, 0) is 0 Å². The number of nitrogens with zero attached hydrogens (tertiary/aromatic N) is 1. The monoisotopic (exact) mass is 171 g/mol. The molecule has 0 bridgehead atoms. The van der Waals surface area contributed by atoms with Crippen molar-refractivity contribution < 1.29 is 5.11 Å². The molecule has 1 N–H and O–H groups in total. The summed E-state index contributed by atoms with van der Waals surface area (Å²) in [5.41, 5.74) is 0. The molecule has 0 unspecified atom stereocenters. The van der Waals surface area contributed by atoms with Crippen molar-refractivity contribution in [3.63, 3.8) is 0 Å². The molecule has 0 aliphatic heterocycles. The molecule has 12 heavy (non-hydrogen) atoms. The van der Waals surface area contributed by atoms with Crippen LogP contribution >= 0.6 is 0 Å². The van der Waals surface area contributed by atoms with Crippen LogP contribution < -0.4 is 0 Å². The largest absolute Gasteiger partial charge is 0.393 e. The fourth-order valence-electron chi connectivity index (χ4n) is 2.05. The van der Waals surface area contributed by atoms with Crippen LogP contribution in [0.15, 0.2) is 0 Å². The molecule has 0 amide bonds. The summed E-state index contributed by atoms with van der Waals surface area (Å²) in [5, 5.41) is 9.77. The average molecular weight is 171 g/mol. The van der Waals surface area contributed by atoms with Gasteiger partial charge in [-0.2, -0.15) is 0 Å². The second-order valence-corrected chi connectivity index (χ2v) is 4.23. The Bertz CT molecular complexity index is 125. The molecular formula is C10H21NO. The van der Waals surface area contributed by atoms with Gasteiger partial charge in [-0.05, 0) is 32.9 Å². The van der Waals surface area contributed by atoms with Crippen molar-refractivity contribution in [2.75, 3.05) is 20.6 Å². The van der Waals surface area contributed by atoms with E-state index in [1.165, 1.54) is 25.7 Å². The fourth-order valence-corrected chi connectivity index (χ4v) is 2.05. The van der Waals surface area contributed by atoms with E-state index in [4.69, 9.17) is 0 Å². The number of aliphatic hydroxyl groups excluding tert-OH is 1. The van der Waals surface area contributed by atoms with Crippen molar-refractivity contribution >= 4 is 0 Å². The van der Waals surface area contributed by atoms with Gasteiger partial charge < -0.3 is 10.0 Å². The lowest BCUT2D eigenvalue weighted by Crippen LogP contribution is -2.30. The summed E-state index contributed by atoms with van der Waals surface area (Å²) >= 11 is 0. The molecule has 0 aromatic heterocycles. The van der Waals surface area contributed by atoms with E-state index in [1.807, 2.05) is 0 Å². The molecule has 0 radical (unpaired) electrons. The molecule has 2 heteroatoms. The molecule has 2 nitrogen and oxygen atoms in total. The molecule has 1 saturated carbocycles. The van der Waals surface area contributed by atoms with Crippen molar-refractivity contribution in [2.24, 2.45) is 5.92 Å². The summed E-state index contributed by atoms with van der Waals surface area (Å²) in [4.78, 5) is 2.18. The van der Waals surface area contributed by atoms with Crippen molar-refractivity contribution in [3.05, 3.63) is 0 Å². The van der Waals surface area contributed by atoms with Gasteiger partial charge in [-0.3, -0.25) is 0 Å². The summed E-state index contributed by atoms with van der Waals surface area (Å²) < 4.78 is 0. The minimum absolute atomic E-state index is 0.0464. The lowest BCUT2D eigenvalue weighted by molar-refractivity contribution is 0.0844. The van der Waals surface area contributed by atoms with E-state index in [2.05, 4.69) is 19.0 Å². The van der Waals surface area contributed by atoms with Gasteiger partial charge in [-0.15, -0.1) is 0 Å². The molecule has 1 fully saturated rings. The first-order valence-corrected chi connectivity index (χ1v) is 5.03. The third-order valence-electron chi connectivity index (χ3n) is 2.72. The molecule has 72 valence electrons. The van der Waals surface area contributed by atoms with Gasteiger partial charge in [0, 0.05) is 6.54 Å². The second-order valence-electron chi connectivity index (χ2n) is 4.23. The normalized spacial score (nSPS) is 32.0. The average Bonchev–Trinajstić information content (AvgIpc) is 2.16. The van der Waals surface area contributed by atoms with Gasteiger partial charge in [0.2, 0.25) is 0 Å². The number of aliphatic hydroxyl groups is 1. The smallest absolute Gasteiger partial charge is 0.0580 e. The Kier molecular flexibility index (Phi) is 4.02. The van der Waals surface area contributed by atoms with Crippen LogP contribution in [0, 0.1) is 5.92 Å². The zero-order valence-corrected chi connectivity index (χ0v) is 8.29. The minimum Gasteiger partial charge on any atom is -0.393 e. The highest BCUT2D eigenvalue weighted by Crippen LogP contribution is 2.23. The molecule has 0 aromatic rings. The van der Waals surface area contributed by atoms with Crippen molar-refractivity contribution in [1.29, 1.82) is 0 Å². The first-order valence-electron chi connectivity index (χ1n) is 5.03. The minimum atomic E-state index is -0.0464. The third kappa shape index (κ3) is 3.11. The van der Waals surface area contributed by atoms with Crippen LogP contribution in [-0.4, -0.2) is 36.8 Å². The molecule has 1 rings (SSSR count). The van der Waals surface area contributed by atoms with Gasteiger partial charge in [0.25, 0.3) is 0 Å². The predicted molar refractivity (Wildman–Crippen MR) is 51.1 cm³/mol. The van der Waals surface area contributed by atoms with Crippen LogP contribution in [0.25, 0.3) is 0 Å². The summed E-state index contributed by atoms with van der Waals surface area (Å²) in [6.45, 7) is 1.04. The van der Waals surface area contributed by atoms with Crippen molar-refractivity contribution in [1.82, 2.24) is 4.90 Å². The summed E-state index contributed by atoms with van der Waals surface area (Å²) in [6, 6.07) is 0. The van der Waals surface area contributed by atoms with E-state index in [0.717, 1.165) is 13.0 Å². The first-order chi connectivity index (χ1) is 5.70. The Morgan fingerprint density at radius 3 is 2.50 bits per heavy atom. The second kappa shape index (κ2) is 4.83. The number of hydrogen-bond acceptors (Lipinski definition) is 2. The highest BCUT2D eigenvalue weighted by atomic mass is 16.3. The SMILES string of the molecule is CN(C)C[C@@H]1CCCCC[C@@H]1O. The van der Waals surface area contributed by atoms with Crippen molar-refractivity contribution in [3.8, 4) is 0 Å². The van der Waals surface area contributed by atoms with Gasteiger partial charge >= 0.3 is 0 Å². The maximum atomic E-state index is 9.77. The van der Waals surface area contributed by atoms with Crippen LogP contribution in [0.4, 0.5) is 0 Å². The van der Waals surface area contributed by atoms with Crippen LogP contribution in [0.3, 0.4) is 0 Å². The summed E-state index contributed by atoms with van der Waals surface area (Å²) in [5.74, 6) is 0.516. The summed E-state index contributed by atoms with van der Waals surface area (Å²) in [7, 11) is 4.16. The van der Waals surface area contributed by atoms with Crippen LogP contribution in [0.1, 0.15) is 32.1 Å². The fraction of sp³-hybridized carbons (Fsp3) is 1.00. The van der Waals surface area contributed by atoms with Crippen LogP contribution in [0.5, 0.6) is 0 Å². The highest BCUT2D eigenvalue weighted by Gasteiger charge is 2.21. The lowest BCUT2D eigenvalue weighted by Gasteiger charge is -2.23. The van der Waals surface area contributed by atoms with E-state index in [-0.39, 0.29) is 6.10 Å². The van der Waals surface area contributed by atoms with Gasteiger partial charge in [0.15, 0.2) is 0 Å². The highest BCUT2D eigenvalue weighted by molar-refractivity contribution is 4.74. The zero-order valence-electron chi connectivity index (χ0n) is 8.29. The van der Waals surface area contributed by atoms with E-state index >= 15 is 0 Å². The van der Waals surface area contributed by atoms with Gasteiger partial charge in [-0.1, -0.05) is 19.3 Å². The Morgan fingerprint density at radius 2 is 1.83 bits per heavy atom. The van der Waals surface area contributed by atoms with Gasteiger partial charge in [0.05, 0.1) is 6.10 Å². The maximum Gasteiger partial charge on any atom is 0.0580 e. The molecule has 1 aliphatic carbocycles. The maximum absolute atomic E-state index is 9.77. The molecule has 0 heterocycles. The molecule has 0 aromatic carbocycles. The van der Waals surface area contributed by atoms with Gasteiger partial charge in [0.1, 0.15) is 0 Å². The zero-order chi connectivity index (χ0) is 8.97.